The Bertz CT molecular complexity index is 562. The van der Waals surface area contributed by atoms with Gasteiger partial charge in [-0.05, 0) is 37.0 Å². The van der Waals surface area contributed by atoms with E-state index in [-0.39, 0.29) is 23.4 Å². The minimum atomic E-state index is -0.221. The average molecular weight is 344 g/mol. The first-order valence-corrected chi connectivity index (χ1v) is 8.22. The number of likely N-dealkylation sites (tertiary alicyclic amines) is 1. The summed E-state index contributed by atoms with van der Waals surface area (Å²) in [5.74, 6) is -0.0512. The maximum absolute atomic E-state index is 12.4. The predicted octanol–water partition coefficient (Wildman–Crippen LogP) is 3.38. The van der Waals surface area contributed by atoms with E-state index in [1.807, 2.05) is 6.92 Å². The number of rotatable bonds is 3. The molecule has 2 rings (SSSR count). The van der Waals surface area contributed by atoms with E-state index in [0.29, 0.717) is 15.7 Å². The van der Waals surface area contributed by atoms with Gasteiger partial charge in [-0.1, -0.05) is 37.0 Å². The lowest BCUT2D eigenvalue weighted by atomic mass is 9.79. The normalized spacial score (nSPS) is 23.1. The molecule has 2 atom stereocenters. The highest BCUT2D eigenvalue weighted by molar-refractivity contribution is 6.42. The minimum absolute atomic E-state index is 0.0103. The second-order valence-electron chi connectivity index (χ2n) is 6.65. The van der Waals surface area contributed by atoms with Crippen LogP contribution in [0, 0.1) is 5.41 Å². The summed E-state index contributed by atoms with van der Waals surface area (Å²) in [6.07, 6.45) is 0.900. The molecular weight excluding hydrogens is 321 g/mol. The van der Waals surface area contributed by atoms with E-state index in [1.54, 1.807) is 18.2 Å². The predicted molar refractivity (Wildman–Crippen MR) is 92.5 cm³/mol. The lowest BCUT2D eigenvalue weighted by Gasteiger charge is -2.44. The molecule has 0 spiro atoms. The van der Waals surface area contributed by atoms with Crippen LogP contribution in [0.5, 0.6) is 0 Å². The van der Waals surface area contributed by atoms with Crippen LogP contribution in [0.3, 0.4) is 0 Å². The zero-order valence-electron chi connectivity index (χ0n) is 13.2. The van der Waals surface area contributed by atoms with Crippen molar-refractivity contribution < 1.29 is 4.79 Å². The molecule has 0 aromatic heterocycles. The van der Waals surface area contributed by atoms with Crippen LogP contribution in [0.2, 0.25) is 10.0 Å². The van der Waals surface area contributed by atoms with E-state index in [2.05, 4.69) is 24.1 Å². The smallest absolute Gasteiger partial charge is 0.241 e. The summed E-state index contributed by atoms with van der Waals surface area (Å²) in [6, 6.07) is 5.03. The van der Waals surface area contributed by atoms with E-state index in [4.69, 9.17) is 28.9 Å². The van der Waals surface area contributed by atoms with Crippen LogP contribution in [0.15, 0.2) is 18.2 Å². The number of nitrogens with two attached hydrogens (primary N) is 1. The zero-order chi connectivity index (χ0) is 16.5. The third kappa shape index (κ3) is 3.93. The highest BCUT2D eigenvalue weighted by atomic mass is 35.5. The number of hydrogen-bond donors (Lipinski definition) is 2. The fraction of sp³-hybridized carbons (Fsp3) is 0.562. The molecule has 1 fully saturated rings. The molecule has 2 unspecified atom stereocenters. The van der Waals surface area contributed by atoms with Gasteiger partial charge >= 0.3 is 0 Å². The topological polar surface area (TPSA) is 58.4 Å². The number of anilines is 1. The van der Waals surface area contributed by atoms with E-state index in [1.165, 1.54) is 0 Å². The SMILES string of the molecule is CC(C(=O)Nc1ccc(Cl)c(Cl)c1)N1CCC(N)C(C)(C)C1. The van der Waals surface area contributed by atoms with Gasteiger partial charge in [-0.3, -0.25) is 9.69 Å². The number of halogens is 2. The number of benzene rings is 1. The third-order valence-electron chi connectivity index (χ3n) is 4.46. The Kier molecular flexibility index (Phi) is 5.38. The van der Waals surface area contributed by atoms with Crippen LogP contribution in [0.25, 0.3) is 0 Å². The maximum Gasteiger partial charge on any atom is 0.241 e. The molecule has 122 valence electrons. The molecule has 0 bridgehead atoms. The molecule has 1 saturated heterocycles. The summed E-state index contributed by atoms with van der Waals surface area (Å²) in [7, 11) is 0. The number of nitrogens with zero attached hydrogens (tertiary/aromatic N) is 1. The van der Waals surface area contributed by atoms with E-state index < -0.39 is 0 Å². The Morgan fingerprint density at radius 3 is 2.68 bits per heavy atom. The van der Waals surface area contributed by atoms with Gasteiger partial charge in [0.25, 0.3) is 0 Å². The average Bonchev–Trinajstić information content (AvgIpc) is 2.45. The summed E-state index contributed by atoms with van der Waals surface area (Å²) in [5, 5.41) is 3.79. The van der Waals surface area contributed by atoms with Crippen molar-refractivity contribution in [3.05, 3.63) is 28.2 Å². The largest absolute Gasteiger partial charge is 0.327 e. The number of piperidine rings is 1. The van der Waals surface area contributed by atoms with Crippen LogP contribution in [-0.4, -0.2) is 36.0 Å². The number of carbonyl (C=O) groups excluding carboxylic acids is 1. The number of amides is 1. The Hall–Kier alpha value is -0.810. The lowest BCUT2D eigenvalue weighted by Crippen LogP contribution is -2.56. The fourth-order valence-electron chi connectivity index (χ4n) is 2.73. The zero-order valence-corrected chi connectivity index (χ0v) is 14.7. The van der Waals surface area contributed by atoms with Gasteiger partial charge in [0, 0.05) is 24.8 Å². The quantitative estimate of drug-likeness (QED) is 0.884. The van der Waals surface area contributed by atoms with Crippen molar-refractivity contribution in [2.45, 2.75) is 39.3 Å². The van der Waals surface area contributed by atoms with Crippen molar-refractivity contribution in [1.29, 1.82) is 0 Å². The van der Waals surface area contributed by atoms with Crippen LogP contribution in [0.4, 0.5) is 5.69 Å². The molecule has 6 heteroatoms. The van der Waals surface area contributed by atoms with Crippen molar-refractivity contribution in [2.24, 2.45) is 11.1 Å². The molecule has 1 amide bonds. The minimum Gasteiger partial charge on any atom is -0.327 e. The Labute approximate surface area is 141 Å². The van der Waals surface area contributed by atoms with Crippen LogP contribution >= 0.6 is 23.2 Å². The first-order valence-electron chi connectivity index (χ1n) is 7.46. The molecule has 22 heavy (non-hydrogen) atoms. The molecule has 1 aliphatic rings. The fourth-order valence-corrected chi connectivity index (χ4v) is 3.03. The Balaban J connectivity index is 2.01. The van der Waals surface area contributed by atoms with Gasteiger partial charge in [0.2, 0.25) is 5.91 Å². The van der Waals surface area contributed by atoms with Gasteiger partial charge in [0.1, 0.15) is 0 Å². The highest BCUT2D eigenvalue weighted by Crippen LogP contribution is 2.29. The summed E-state index contributed by atoms with van der Waals surface area (Å²) < 4.78 is 0. The van der Waals surface area contributed by atoms with Crippen molar-refractivity contribution in [2.75, 3.05) is 18.4 Å². The van der Waals surface area contributed by atoms with Gasteiger partial charge in [-0.15, -0.1) is 0 Å². The van der Waals surface area contributed by atoms with E-state index in [9.17, 15) is 4.79 Å². The van der Waals surface area contributed by atoms with Crippen LogP contribution in [-0.2, 0) is 4.79 Å². The molecule has 1 heterocycles. The summed E-state index contributed by atoms with van der Waals surface area (Å²) in [4.78, 5) is 14.6. The third-order valence-corrected chi connectivity index (χ3v) is 5.20. The molecule has 0 saturated carbocycles. The lowest BCUT2D eigenvalue weighted by molar-refractivity contribution is -0.122. The van der Waals surface area contributed by atoms with Gasteiger partial charge in [-0.25, -0.2) is 0 Å². The highest BCUT2D eigenvalue weighted by Gasteiger charge is 2.36. The summed E-state index contributed by atoms with van der Waals surface area (Å²) >= 11 is 11.9. The number of hydrogen-bond acceptors (Lipinski definition) is 3. The Morgan fingerprint density at radius 1 is 1.41 bits per heavy atom. The van der Waals surface area contributed by atoms with Crippen molar-refractivity contribution >= 4 is 34.8 Å². The molecule has 1 aromatic carbocycles. The first-order chi connectivity index (χ1) is 10.2. The second kappa shape index (κ2) is 6.75. The Morgan fingerprint density at radius 2 is 2.09 bits per heavy atom. The molecular formula is C16H23Cl2N3O. The van der Waals surface area contributed by atoms with Gasteiger partial charge < -0.3 is 11.1 Å². The number of nitrogens with one attached hydrogen (secondary N) is 1. The van der Waals surface area contributed by atoms with Gasteiger partial charge in [0.15, 0.2) is 0 Å². The van der Waals surface area contributed by atoms with Crippen molar-refractivity contribution in [3.63, 3.8) is 0 Å². The molecule has 0 radical (unpaired) electrons. The van der Waals surface area contributed by atoms with Crippen LogP contribution in [0.1, 0.15) is 27.2 Å². The number of carbonyl (C=O) groups is 1. The molecule has 1 aliphatic heterocycles. The maximum atomic E-state index is 12.4. The molecule has 0 aliphatic carbocycles. The molecule has 1 aromatic rings. The van der Waals surface area contributed by atoms with Crippen molar-refractivity contribution in [3.8, 4) is 0 Å². The van der Waals surface area contributed by atoms with E-state index in [0.717, 1.165) is 19.5 Å². The standard InChI is InChI=1S/C16H23Cl2N3O/c1-10(21-7-6-14(19)16(2,3)9-21)15(22)20-11-4-5-12(17)13(18)8-11/h4-5,8,10,14H,6-7,9,19H2,1-3H3,(H,20,22). The van der Waals surface area contributed by atoms with Gasteiger partial charge in [-0.2, -0.15) is 0 Å². The monoisotopic (exact) mass is 343 g/mol. The van der Waals surface area contributed by atoms with Gasteiger partial charge in [0.05, 0.1) is 16.1 Å². The van der Waals surface area contributed by atoms with E-state index >= 15 is 0 Å². The summed E-state index contributed by atoms with van der Waals surface area (Å²) in [6.45, 7) is 7.85. The first kappa shape index (κ1) is 17.5. The van der Waals surface area contributed by atoms with Crippen LogP contribution < -0.4 is 11.1 Å². The second-order valence-corrected chi connectivity index (χ2v) is 7.46. The molecule has 3 N–H and O–H groups in total. The molecule has 4 nitrogen and oxygen atoms in total. The summed E-state index contributed by atoms with van der Waals surface area (Å²) in [5.41, 5.74) is 6.81. The van der Waals surface area contributed by atoms with Crippen molar-refractivity contribution in [1.82, 2.24) is 4.90 Å².